The van der Waals surface area contributed by atoms with E-state index in [9.17, 15) is 4.39 Å². The summed E-state index contributed by atoms with van der Waals surface area (Å²) < 4.78 is 13.2. The van der Waals surface area contributed by atoms with Crippen LogP contribution in [0.5, 0.6) is 0 Å². The molecule has 0 saturated carbocycles. The Balaban J connectivity index is 2.44. The van der Waals surface area contributed by atoms with Crippen molar-refractivity contribution in [3.8, 4) is 0 Å². The van der Waals surface area contributed by atoms with E-state index in [4.69, 9.17) is 0 Å². The molecule has 0 amide bonds. The minimum absolute atomic E-state index is 0.0229. The van der Waals surface area contributed by atoms with Gasteiger partial charge in [-0.2, -0.15) is 10.2 Å². The molecule has 0 saturated heterocycles. The number of aryl methyl sites for hydroxylation is 2. The molecule has 2 rings (SSSR count). The van der Waals surface area contributed by atoms with Crippen molar-refractivity contribution >= 4 is 0 Å². The SMILES string of the molecule is CCCNC(c1ccc(F)cc1)c1cc(C)nnc1CC. The van der Waals surface area contributed by atoms with Gasteiger partial charge in [0.05, 0.1) is 17.4 Å². The van der Waals surface area contributed by atoms with Crippen molar-refractivity contribution in [1.29, 1.82) is 0 Å². The smallest absolute Gasteiger partial charge is 0.123 e. The van der Waals surface area contributed by atoms with Gasteiger partial charge in [0.15, 0.2) is 0 Å². The van der Waals surface area contributed by atoms with Gasteiger partial charge in [0, 0.05) is 0 Å². The van der Waals surface area contributed by atoms with Gasteiger partial charge in [0.25, 0.3) is 0 Å². The van der Waals surface area contributed by atoms with Crippen molar-refractivity contribution < 1.29 is 4.39 Å². The summed E-state index contributed by atoms with van der Waals surface area (Å²) in [6.07, 6.45) is 1.87. The molecule has 1 atom stereocenters. The molecule has 0 radical (unpaired) electrons. The molecule has 0 aliphatic carbocycles. The fraction of sp³-hybridized carbons (Fsp3) is 0.412. The third kappa shape index (κ3) is 3.85. The summed E-state index contributed by atoms with van der Waals surface area (Å²) in [5.41, 5.74) is 4.06. The normalized spacial score (nSPS) is 12.4. The first-order valence-corrected chi connectivity index (χ1v) is 7.47. The van der Waals surface area contributed by atoms with Crippen molar-refractivity contribution in [3.05, 3.63) is 58.7 Å². The Morgan fingerprint density at radius 2 is 1.86 bits per heavy atom. The molecule has 1 aromatic heterocycles. The quantitative estimate of drug-likeness (QED) is 0.882. The van der Waals surface area contributed by atoms with Crippen LogP contribution >= 0.6 is 0 Å². The highest BCUT2D eigenvalue weighted by Gasteiger charge is 2.18. The standard InChI is InChI=1S/C17H22FN3/c1-4-10-19-17(13-6-8-14(18)9-7-13)15-11-12(3)20-21-16(15)5-2/h6-9,11,17,19H,4-5,10H2,1-3H3. The Kier molecular flexibility index (Phi) is 5.39. The van der Waals surface area contributed by atoms with E-state index < -0.39 is 0 Å². The van der Waals surface area contributed by atoms with E-state index in [0.717, 1.165) is 41.9 Å². The van der Waals surface area contributed by atoms with E-state index in [0.29, 0.717) is 0 Å². The molecule has 0 fully saturated rings. The monoisotopic (exact) mass is 287 g/mol. The van der Waals surface area contributed by atoms with E-state index >= 15 is 0 Å². The number of benzene rings is 1. The average molecular weight is 287 g/mol. The van der Waals surface area contributed by atoms with E-state index in [1.807, 2.05) is 19.1 Å². The molecule has 4 heteroatoms. The molecular weight excluding hydrogens is 265 g/mol. The molecular formula is C17H22FN3. The van der Waals surface area contributed by atoms with Crippen molar-refractivity contribution in [2.45, 2.75) is 39.7 Å². The molecule has 1 heterocycles. The number of nitrogens with zero attached hydrogens (tertiary/aromatic N) is 2. The van der Waals surface area contributed by atoms with Crippen molar-refractivity contribution in [1.82, 2.24) is 15.5 Å². The predicted molar refractivity (Wildman–Crippen MR) is 82.7 cm³/mol. The lowest BCUT2D eigenvalue weighted by molar-refractivity contribution is 0.584. The van der Waals surface area contributed by atoms with Crippen LogP contribution in [0.1, 0.15) is 48.8 Å². The van der Waals surface area contributed by atoms with Crippen LogP contribution in [0.4, 0.5) is 4.39 Å². The van der Waals surface area contributed by atoms with Gasteiger partial charge in [-0.15, -0.1) is 0 Å². The number of nitrogens with one attached hydrogen (secondary N) is 1. The molecule has 21 heavy (non-hydrogen) atoms. The summed E-state index contributed by atoms with van der Waals surface area (Å²) in [7, 11) is 0. The maximum atomic E-state index is 13.2. The second-order valence-electron chi connectivity index (χ2n) is 5.18. The number of hydrogen-bond acceptors (Lipinski definition) is 3. The zero-order chi connectivity index (χ0) is 15.2. The Hall–Kier alpha value is -1.81. The van der Waals surface area contributed by atoms with Gasteiger partial charge in [-0.05, 0) is 55.6 Å². The number of aromatic nitrogens is 2. The molecule has 1 unspecified atom stereocenters. The van der Waals surface area contributed by atoms with Gasteiger partial charge in [0.2, 0.25) is 0 Å². The van der Waals surface area contributed by atoms with Crippen LogP contribution in [0.25, 0.3) is 0 Å². The van der Waals surface area contributed by atoms with Crippen LogP contribution in [0.15, 0.2) is 30.3 Å². The predicted octanol–water partition coefficient (Wildman–Crippen LogP) is 3.58. The minimum atomic E-state index is -0.215. The van der Waals surface area contributed by atoms with Crippen molar-refractivity contribution in [2.24, 2.45) is 0 Å². The maximum Gasteiger partial charge on any atom is 0.123 e. The van der Waals surface area contributed by atoms with Crippen molar-refractivity contribution in [2.75, 3.05) is 6.54 Å². The summed E-state index contributed by atoms with van der Waals surface area (Å²) in [5, 5.41) is 12.0. The zero-order valence-corrected chi connectivity index (χ0v) is 12.9. The summed E-state index contributed by atoms with van der Waals surface area (Å²) in [6, 6.07) is 8.76. The van der Waals surface area contributed by atoms with Gasteiger partial charge >= 0.3 is 0 Å². The van der Waals surface area contributed by atoms with E-state index in [1.54, 1.807) is 0 Å². The van der Waals surface area contributed by atoms with Gasteiger partial charge in [0.1, 0.15) is 5.82 Å². The lowest BCUT2D eigenvalue weighted by atomic mass is 9.96. The summed E-state index contributed by atoms with van der Waals surface area (Å²) in [5.74, 6) is -0.215. The van der Waals surface area contributed by atoms with Crippen LogP contribution in [-0.4, -0.2) is 16.7 Å². The van der Waals surface area contributed by atoms with Gasteiger partial charge in [-0.1, -0.05) is 26.0 Å². The first-order valence-electron chi connectivity index (χ1n) is 7.47. The third-order valence-corrected chi connectivity index (χ3v) is 3.47. The molecule has 0 spiro atoms. The molecule has 3 nitrogen and oxygen atoms in total. The van der Waals surface area contributed by atoms with E-state index in [1.165, 1.54) is 12.1 Å². The Morgan fingerprint density at radius 1 is 1.14 bits per heavy atom. The maximum absolute atomic E-state index is 13.2. The number of rotatable bonds is 6. The van der Waals surface area contributed by atoms with Gasteiger partial charge in [-0.3, -0.25) is 0 Å². The van der Waals surface area contributed by atoms with Crippen LogP contribution in [-0.2, 0) is 6.42 Å². The van der Waals surface area contributed by atoms with Crippen LogP contribution in [0, 0.1) is 12.7 Å². The Bertz CT molecular complexity index is 581. The highest BCUT2D eigenvalue weighted by Crippen LogP contribution is 2.25. The number of halogens is 1. The van der Waals surface area contributed by atoms with E-state index in [2.05, 4.69) is 35.4 Å². The average Bonchev–Trinajstić information content (AvgIpc) is 2.49. The zero-order valence-electron chi connectivity index (χ0n) is 12.9. The summed E-state index contributed by atoms with van der Waals surface area (Å²) in [6.45, 7) is 7.04. The second kappa shape index (κ2) is 7.27. The fourth-order valence-electron chi connectivity index (χ4n) is 2.41. The Labute approximate surface area is 125 Å². The second-order valence-corrected chi connectivity index (χ2v) is 5.18. The molecule has 1 N–H and O–H groups in total. The highest BCUT2D eigenvalue weighted by molar-refractivity contribution is 5.35. The molecule has 0 aliphatic heterocycles. The molecule has 2 aromatic rings. The fourth-order valence-corrected chi connectivity index (χ4v) is 2.41. The third-order valence-electron chi connectivity index (χ3n) is 3.47. The first kappa shape index (κ1) is 15.6. The number of hydrogen-bond donors (Lipinski definition) is 1. The van der Waals surface area contributed by atoms with Crippen LogP contribution in [0.3, 0.4) is 0 Å². The highest BCUT2D eigenvalue weighted by atomic mass is 19.1. The Morgan fingerprint density at radius 3 is 2.48 bits per heavy atom. The summed E-state index contributed by atoms with van der Waals surface area (Å²) in [4.78, 5) is 0. The van der Waals surface area contributed by atoms with Crippen LogP contribution < -0.4 is 5.32 Å². The molecule has 0 aliphatic rings. The minimum Gasteiger partial charge on any atom is -0.306 e. The first-order chi connectivity index (χ1) is 10.2. The van der Waals surface area contributed by atoms with Crippen molar-refractivity contribution in [3.63, 3.8) is 0 Å². The molecule has 0 bridgehead atoms. The van der Waals surface area contributed by atoms with Crippen LogP contribution in [0.2, 0.25) is 0 Å². The largest absolute Gasteiger partial charge is 0.306 e. The summed E-state index contributed by atoms with van der Waals surface area (Å²) >= 11 is 0. The molecule has 1 aromatic carbocycles. The van der Waals surface area contributed by atoms with Gasteiger partial charge in [-0.25, -0.2) is 4.39 Å². The van der Waals surface area contributed by atoms with E-state index in [-0.39, 0.29) is 11.9 Å². The topological polar surface area (TPSA) is 37.8 Å². The molecule has 112 valence electrons. The lowest BCUT2D eigenvalue weighted by Gasteiger charge is -2.21. The lowest BCUT2D eigenvalue weighted by Crippen LogP contribution is -2.25. The van der Waals surface area contributed by atoms with Gasteiger partial charge < -0.3 is 5.32 Å².